The van der Waals surface area contributed by atoms with Gasteiger partial charge >= 0.3 is 0 Å². The molecule has 9 nitrogen and oxygen atoms in total. The number of rotatable bonds is 3. The molecule has 0 aliphatic carbocycles. The van der Waals surface area contributed by atoms with Crippen LogP contribution in [0.4, 0.5) is 0 Å². The lowest BCUT2D eigenvalue weighted by Gasteiger charge is -2.21. The monoisotopic (exact) mass is 512 g/mol. The highest BCUT2D eigenvalue weighted by Gasteiger charge is 2.41. The van der Waals surface area contributed by atoms with Crippen molar-refractivity contribution in [2.24, 2.45) is 0 Å². The van der Waals surface area contributed by atoms with E-state index in [1.165, 1.54) is 60.7 Å². The second kappa shape index (κ2) is 8.38. The van der Waals surface area contributed by atoms with E-state index in [9.17, 15) is 35.4 Å². The lowest BCUT2D eigenvalue weighted by Crippen LogP contribution is -2.12. The van der Waals surface area contributed by atoms with Gasteiger partial charge in [0.15, 0.2) is 5.76 Å². The second-order valence-corrected chi connectivity index (χ2v) is 9.06. The third-order valence-corrected chi connectivity index (χ3v) is 6.63. The van der Waals surface area contributed by atoms with E-state index in [-0.39, 0.29) is 45.5 Å². The number of benzene rings is 4. The zero-order valence-corrected chi connectivity index (χ0v) is 19.5. The smallest absolute Gasteiger partial charge is 0.238 e. The van der Waals surface area contributed by atoms with E-state index >= 15 is 0 Å². The van der Waals surface area contributed by atoms with Crippen molar-refractivity contribution in [1.29, 1.82) is 0 Å². The van der Waals surface area contributed by atoms with Crippen molar-refractivity contribution >= 4 is 11.0 Å². The number of aromatic hydroxyl groups is 6. The maximum absolute atomic E-state index is 13.3. The van der Waals surface area contributed by atoms with Crippen LogP contribution in [0.3, 0.4) is 0 Å². The number of hydrogen-bond donors (Lipinski definition) is 6. The fourth-order valence-corrected chi connectivity index (χ4v) is 4.95. The van der Waals surface area contributed by atoms with E-state index in [0.29, 0.717) is 22.3 Å². The van der Waals surface area contributed by atoms with Crippen LogP contribution >= 0.6 is 0 Å². The van der Waals surface area contributed by atoms with Crippen LogP contribution in [0.25, 0.3) is 22.3 Å². The predicted molar refractivity (Wildman–Crippen MR) is 136 cm³/mol. The van der Waals surface area contributed by atoms with Gasteiger partial charge in [0.2, 0.25) is 11.2 Å². The minimum absolute atomic E-state index is 0.0243. The van der Waals surface area contributed by atoms with Gasteiger partial charge in [-0.15, -0.1) is 0 Å². The van der Waals surface area contributed by atoms with Crippen molar-refractivity contribution in [1.82, 2.24) is 0 Å². The fraction of sp³-hybridized carbons (Fsp3) is 0.0690. The minimum atomic E-state index is -0.875. The molecule has 0 radical (unpaired) electrons. The van der Waals surface area contributed by atoms with Crippen LogP contribution in [0.15, 0.2) is 82.0 Å². The van der Waals surface area contributed by atoms with Crippen molar-refractivity contribution in [2.45, 2.75) is 12.0 Å². The highest BCUT2D eigenvalue weighted by atomic mass is 16.5. The molecular weight excluding hydrogens is 492 g/mol. The number of ether oxygens (including phenoxy) is 1. The van der Waals surface area contributed by atoms with E-state index in [1.807, 2.05) is 0 Å². The van der Waals surface area contributed by atoms with E-state index < -0.39 is 28.9 Å². The van der Waals surface area contributed by atoms with Crippen LogP contribution in [-0.4, -0.2) is 30.6 Å². The highest BCUT2D eigenvalue weighted by molar-refractivity contribution is 5.92. The van der Waals surface area contributed by atoms with Gasteiger partial charge in [0.05, 0.1) is 5.92 Å². The maximum atomic E-state index is 13.3. The molecule has 2 heterocycles. The predicted octanol–water partition coefficient (Wildman–Crippen LogP) is 4.96. The first-order valence-electron chi connectivity index (χ1n) is 11.5. The van der Waals surface area contributed by atoms with Crippen LogP contribution < -0.4 is 10.2 Å². The standard InChI is InChI=1S/C29H20O9/c30-16-5-1-13(2-6-16)27-22(15-9-18(32)11-19(33)10-15)24-21(37-27)12-20(34)23-25(35)26(36)28(38-29(23)24)14-3-7-17(31)8-4-14/h1-12,22,27,30-34,36H/t22-,27-/m0/s1. The topological polar surface area (TPSA) is 161 Å². The molecule has 6 rings (SSSR count). The van der Waals surface area contributed by atoms with Crippen LogP contribution in [0.5, 0.6) is 40.2 Å². The van der Waals surface area contributed by atoms with E-state index in [0.717, 1.165) is 0 Å². The van der Waals surface area contributed by atoms with Gasteiger partial charge in [-0.25, -0.2) is 0 Å². The van der Waals surface area contributed by atoms with Gasteiger partial charge in [0.1, 0.15) is 51.6 Å². The first kappa shape index (κ1) is 23.1. The molecule has 0 saturated heterocycles. The van der Waals surface area contributed by atoms with Crippen LogP contribution in [0.2, 0.25) is 0 Å². The van der Waals surface area contributed by atoms with Crippen LogP contribution in [0, 0.1) is 0 Å². The Morgan fingerprint density at radius 1 is 0.658 bits per heavy atom. The molecule has 0 unspecified atom stereocenters. The quantitative estimate of drug-likeness (QED) is 0.196. The zero-order valence-electron chi connectivity index (χ0n) is 19.5. The Balaban J connectivity index is 1.68. The molecule has 4 aromatic carbocycles. The average molecular weight is 512 g/mol. The number of hydrogen-bond acceptors (Lipinski definition) is 9. The van der Waals surface area contributed by atoms with Gasteiger partial charge in [0.25, 0.3) is 0 Å². The maximum Gasteiger partial charge on any atom is 0.238 e. The average Bonchev–Trinajstić information content (AvgIpc) is 3.25. The second-order valence-electron chi connectivity index (χ2n) is 9.06. The Labute approximate surface area is 214 Å². The summed E-state index contributed by atoms with van der Waals surface area (Å²) in [5.41, 5.74) is 0.766. The van der Waals surface area contributed by atoms with Crippen molar-refractivity contribution in [3.63, 3.8) is 0 Å². The summed E-state index contributed by atoms with van der Waals surface area (Å²) >= 11 is 0. The number of phenols is 5. The summed E-state index contributed by atoms with van der Waals surface area (Å²) in [4.78, 5) is 13.3. The van der Waals surface area contributed by atoms with Gasteiger partial charge in [0, 0.05) is 23.3 Å². The number of fused-ring (bicyclic) bond motifs is 3. The van der Waals surface area contributed by atoms with Crippen molar-refractivity contribution in [3.8, 4) is 51.6 Å². The third kappa shape index (κ3) is 3.60. The Morgan fingerprint density at radius 2 is 1.26 bits per heavy atom. The van der Waals surface area contributed by atoms with Gasteiger partial charge in [-0.05, 0) is 59.7 Å². The minimum Gasteiger partial charge on any atom is -0.508 e. The summed E-state index contributed by atoms with van der Waals surface area (Å²) < 4.78 is 12.3. The SMILES string of the molecule is O=c1c(O)c(-c2ccc(O)cc2)oc2c3c(cc(O)c12)O[C@@H](c1ccc(O)cc1)[C@H]3c1cc(O)cc(O)c1. The first-order chi connectivity index (χ1) is 18.2. The summed E-state index contributed by atoms with van der Waals surface area (Å²) in [6.07, 6.45) is -0.770. The van der Waals surface area contributed by atoms with E-state index in [4.69, 9.17) is 9.15 Å². The highest BCUT2D eigenvalue weighted by Crippen LogP contribution is 2.55. The molecule has 0 fully saturated rings. The van der Waals surface area contributed by atoms with Crippen molar-refractivity contribution in [2.75, 3.05) is 0 Å². The number of phenolic OH excluding ortho intramolecular Hbond substituents is 5. The molecule has 5 aromatic rings. The molecule has 0 saturated carbocycles. The molecule has 9 heteroatoms. The molecule has 1 aliphatic heterocycles. The molecule has 0 bridgehead atoms. The molecule has 1 aromatic heterocycles. The zero-order chi connectivity index (χ0) is 26.7. The van der Waals surface area contributed by atoms with Crippen molar-refractivity contribution < 1.29 is 39.8 Å². The third-order valence-electron chi connectivity index (χ3n) is 6.63. The van der Waals surface area contributed by atoms with Gasteiger partial charge in [-0.2, -0.15) is 0 Å². The Kier molecular flexibility index (Phi) is 5.09. The molecule has 0 amide bonds. The fourth-order valence-electron chi connectivity index (χ4n) is 4.95. The van der Waals surface area contributed by atoms with E-state index in [1.54, 1.807) is 12.1 Å². The van der Waals surface area contributed by atoms with Gasteiger partial charge in [-0.3, -0.25) is 4.79 Å². The molecule has 1 aliphatic rings. The summed E-state index contributed by atoms with van der Waals surface area (Å²) in [7, 11) is 0. The summed E-state index contributed by atoms with van der Waals surface area (Å²) in [6, 6.07) is 17.2. The van der Waals surface area contributed by atoms with Gasteiger partial charge in [-0.1, -0.05) is 12.1 Å². The summed E-state index contributed by atoms with van der Waals surface area (Å²) in [5, 5.41) is 61.2. The first-order valence-corrected chi connectivity index (χ1v) is 11.5. The normalized spacial score (nSPS) is 16.3. The molecule has 2 atom stereocenters. The Morgan fingerprint density at radius 3 is 1.89 bits per heavy atom. The summed E-state index contributed by atoms with van der Waals surface area (Å²) in [6.45, 7) is 0. The molecule has 6 N–H and O–H groups in total. The van der Waals surface area contributed by atoms with Gasteiger partial charge < -0.3 is 39.8 Å². The molecular formula is C29H20O9. The van der Waals surface area contributed by atoms with E-state index in [2.05, 4.69) is 0 Å². The van der Waals surface area contributed by atoms with Crippen molar-refractivity contribution in [3.05, 3.63) is 99.7 Å². The van der Waals surface area contributed by atoms with Crippen LogP contribution in [-0.2, 0) is 0 Å². The molecule has 190 valence electrons. The Hall–Kier alpha value is -5.31. The largest absolute Gasteiger partial charge is 0.508 e. The summed E-state index contributed by atoms with van der Waals surface area (Å²) in [5.74, 6) is -2.33. The molecule has 38 heavy (non-hydrogen) atoms. The Bertz CT molecular complexity index is 1750. The molecule has 0 spiro atoms. The lowest BCUT2D eigenvalue weighted by atomic mass is 9.84. The van der Waals surface area contributed by atoms with Crippen LogP contribution in [0.1, 0.15) is 28.7 Å². The lowest BCUT2D eigenvalue weighted by molar-refractivity contribution is 0.221.